The molecule has 5 heteroatoms. The summed E-state index contributed by atoms with van der Waals surface area (Å²) in [6, 6.07) is 0. The van der Waals surface area contributed by atoms with Crippen molar-refractivity contribution in [1.29, 1.82) is 0 Å². The van der Waals surface area contributed by atoms with Gasteiger partial charge in [-0.15, -0.1) is 0 Å². The van der Waals surface area contributed by atoms with Gasteiger partial charge in [-0.25, -0.2) is 4.79 Å². The third-order valence-corrected chi connectivity index (χ3v) is 1.01. The van der Waals surface area contributed by atoms with Crippen LogP contribution in [-0.2, 0) is 9.63 Å². The van der Waals surface area contributed by atoms with Crippen LogP contribution >= 0.6 is 15.9 Å². The highest BCUT2D eigenvalue weighted by atomic mass is 79.9. The molecule has 0 aliphatic carbocycles. The van der Waals surface area contributed by atoms with E-state index in [0.29, 0.717) is 0 Å². The van der Waals surface area contributed by atoms with Crippen LogP contribution in [0.15, 0.2) is 10.7 Å². The lowest BCUT2D eigenvalue weighted by molar-refractivity contribution is -0.134. The Balaban J connectivity index is 3.85. The summed E-state index contributed by atoms with van der Waals surface area (Å²) in [5.74, 6) is -1.08. The van der Waals surface area contributed by atoms with Crippen LogP contribution in [0.2, 0.25) is 0 Å². The number of carbonyl (C=O) groups is 1. The second-order valence-electron chi connectivity index (χ2n) is 1.13. The van der Waals surface area contributed by atoms with Crippen LogP contribution in [0, 0.1) is 0 Å². The van der Waals surface area contributed by atoms with Gasteiger partial charge in [0.25, 0.3) is 0 Å². The second-order valence-corrected chi connectivity index (χ2v) is 1.59. The summed E-state index contributed by atoms with van der Waals surface area (Å²) < 4.78 is 0. The number of carboxylic acid groups (broad SMARTS) is 1. The Bertz CT molecular complexity index is 134. The molecular weight excluding hydrogens is 190 g/mol. The summed E-state index contributed by atoms with van der Waals surface area (Å²) >= 11 is 2.83. The van der Waals surface area contributed by atoms with Crippen molar-refractivity contribution in [3.05, 3.63) is 10.7 Å². The number of nitrogens with one attached hydrogen (secondary N) is 1. The van der Waals surface area contributed by atoms with Gasteiger partial charge in [-0.1, -0.05) is 15.9 Å². The fourth-order valence-electron chi connectivity index (χ4n) is 0.223. The first kappa shape index (κ1) is 8.45. The van der Waals surface area contributed by atoms with Crippen LogP contribution < -0.4 is 5.48 Å². The van der Waals surface area contributed by atoms with Gasteiger partial charge in [-0.3, -0.25) is 10.3 Å². The SMILES string of the molecule is CONC(=CBr)C(=O)O. The largest absolute Gasteiger partial charge is 0.477 e. The molecule has 0 aliphatic rings. The Hall–Kier alpha value is -0.550. The Morgan fingerprint density at radius 3 is 2.56 bits per heavy atom. The molecule has 0 saturated heterocycles. The van der Waals surface area contributed by atoms with Gasteiger partial charge in [-0.05, 0) is 0 Å². The third-order valence-electron chi connectivity index (χ3n) is 0.552. The van der Waals surface area contributed by atoms with Gasteiger partial charge in [0.15, 0.2) is 5.70 Å². The standard InChI is InChI=1S/C4H6BrNO3/c1-9-6-3(2-5)4(7)8/h2,6H,1H3,(H,7,8). The van der Waals surface area contributed by atoms with E-state index in [2.05, 4.69) is 26.2 Å². The average Bonchev–Trinajstić information content (AvgIpc) is 1.82. The minimum absolute atomic E-state index is 0.0440. The summed E-state index contributed by atoms with van der Waals surface area (Å²) in [5, 5.41) is 8.26. The molecule has 0 aliphatic heterocycles. The zero-order valence-corrected chi connectivity index (χ0v) is 6.31. The molecule has 2 N–H and O–H groups in total. The first-order chi connectivity index (χ1) is 4.22. The molecule has 0 spiro atoms. The van der Waals surface area contributed by atoms with Crippen LogP contribution in [0.5, 0.6) is 0 Å². The highest BCUT2D eigenvalue weighted by Gasteiger charge is 2.02. The lowest BCUT2D eigenvalue weighted by atomic mass is 10.5. The molecule has 0 fully saturated rings. The summed E-state index contributed by atoms with van der Waals surface area (Å²) in [5.41, 5.74) is 2.10. The van der Waals surface area contributed by atoms with Gasteiger partial charge in [0, 0.05) is 4.99 Å². The van der Waals surface area contributed by atoms with Crippen LogP contribution in [0.4, 0.5) is 0 Å². The Morgan fingerprint density at radius 2 is 2.44 bits per heavy atom. The number of hydrogen-bond acceptors (Lipinski definition) is 3. The van der Waals surface area contributed by atoms with Crippen LogP contribution in [0.25, 0.3) is 0 Å². The Labute approximate surface area is 60.6 Å². The molecule has 0 bridgehead atoms. The van der Waals surface area contributed by atoms with E-state index in [9.17, 15) is 4.79 Å². The van der Waals surface area contributed by atoms with E-state index in [1.807, 2.05) is 0 Å². The predicted molar refractivity (Wildman–Crippen MR) is 34.8 cm³/mol. The van der Waals surface area contributed by atoms with E-state index >= 15 is 0 Å². The summed E-state index contributed by atoms with van der Waals surface area (Å²) in [6.45, 7) is 0. The lowest BCUT2D eigenvalue weighted by Gasteiger charge is -1.99. The maximum Gasteiger partial charge on any atom is 0.354 e. The second kappa shape index (κ2) is 4.34. The Morgan fingerprint density at radius 1 is 1.89 bits per heavy atom. The molecular formula is C4H6BrNO3. The number of aliphatic carboxylic acids is 1. The molecule has 0 saturated carbocycles. The van der Waals surface area contributed by atoms with Crippen molar-refractivity contribution in [2.75, 3.05) is 7.11 Å². The van der Waals surface area contributed by atoms with Crippen molar-refractivity contribution in [3.63, 3.8) is 0 Å². The average molecular weight is 196 g/mol. The minimum Gasteiger partial charge on any atom is -0.477 e. The zero-order valence-electron chi connectivity index (χ0n) is 4.72. The first-order valence-electron chi connectivity index (χ1n) is 2.05. The number of halogens is 1. The molecule has 0 aromatic rings. The normalized spacial score (nSPS) is 11.1. The molecule has 0 aromatic carbocycles. The van der Waals surface area contributed by atoms with E-state index in [4.69, 9.17) is 5.11 Å². The topological polar surface area (TPSA) is 58.6 Å². The smallest absolute Gasteiger partial charge is 0.354 e. The number of carboxylic acids is 1. The minimum atomic E-state index is -1.08. The van der Waals surface area contributed by atoms with E-state index < -0.39 is 5.97 Å². The summed E-state index contributed by atoms with van der Waals surface area (Å²) in [6.07, 6.45) is 0. The maximum atomic E-state index is 10.1. The molecule has 0 amide bonds. The highest BCUT2D eigenvalue weighted by Crippen LogP contribution is 1.93. The van der Waals surface area contributed by atoms with E-state index in [1.165, 1.54) is 12.1 Å². The van der Waals surface area contributed by atoms with Crippen LogP contribution in [-0.4, -0.2) is 18.2 Å². The van der Waals surface area contributed by atoms with E-state index in [0.717, 1.165) is 0 Å². The highest BCUT2D eigenvalue weighted by molar-refractivity contribution is 9.11. The quantitative estimate of drug-likeness (QED) is 0.508. The van der Waals surface area contributed by atoms with Crippen molar-refractivity contribution >= 4 is 21.9 Å². The summed E-state index contributed by atoms with van der Waals surface area (Å²) in [7, 11) is 1.33. The van der Waals surface area contributed by atoms with Crippen molar-refractivity contribution in [2.24, 2.45) is 0 Å². The molecule has 0 aromatic heterocycles. The number of rotatable bonds is 3. The maximum absolute atomic E-state index is 10.1. The van der Waals surface area contributed by atoms with Crippen molar-refractivity contribution < 1.29 is 14.7 Å². The zero-order chi connectivity index (χ0) is 7.28. The molecule has 0 rings (SSSR count). The van der Waals surface area contributed by atoms with Crippen molar-refractivity contribution in [1.82, 2.24) is 5.48 Å². The van der Waals surface area contributed by atoms with Gasteiger partial charge in [-0.2, -0.15) is 0 Å². The fraction of sp³-hybridized carbons (Fsp3) is 0.250. The number of hydroxylamine groups is 1. The van der Waals surface area contributed by atoms with Crippen LogP contribution in [0.3, 0.4) is 0 Å². The monoisotopic (exact) mass is 195 g/mol. The van der Waals surface area contributed by atoms with E-state index in [1.54, 1.807) is 0 Å². The molecule has 9 heavy (non-hydrogen) atoms. The predicted octanol–water partition coefficient (Wildman–Crippen LogP) is 0.458. The Kier molecular flexibility index (Phi) is 4.08. The van der Waals surface area contributed by atoms with Crippen molar-refractivity contribution in [2.45, 2.75) is 0 Å². The van der Waals surface area contributed by atoms with Gasteiger partial charge < -0.3 is 5.11 Å². The first-order valence-corrected chi connectivity index (χ1v) is 2.96. The van der Waals surface area contributed by atoms with E-state index in [-0.39, 0.29) is 5.70 Å². The van der Waals surface area contributed by atoms with Gasteiger partial charge in [0.05, 0.1) is 7.11 Å². The molecule has 0 unspecified atom stereocenters. The molecule has 52 valence electrons. The van der Waals surface area contributed by atoms with Gasteiger partial charge in [0.2, 0.25) is 0 Å². The summed E-state index contributed by atoms with van der Waals surface area (Å²) in [4.78, 5) is 15.6. The lowest BCUT2D eigenvalue weighted by Crippen LogP contribution is -2.17. The van der Waals surface area contributed by atoms with Gasteiger partial charge >= 0.3 is 5.97 Å². The fourth-order valence-corrected chi connectivity index (χ4v) is 0.512. The molecule has 0 atom stereocenters. The van der Waals surface area contributed by atoms with Crippen LogP contribution in [0.1, 0.15) is 0 Å². The van der Waals surface area contributed by atoms with Gasteiger partial charge in [0.1, 0.15) is 0 Å². The molecule has 0 radical (unpaired) electrons. The number of hydrogen-bond donors (Lipinski definition) is 2. The van der Waals surface area contributed by atoms with Crippen molar-refractivity contribution in [3.8, 4) is 0 Å². The molecule has 4 nitrogen and oxygen atoms in total. The molecule has 0 heterocycles. The third kappa shape index (κ3) is 3.10.